The normalized spacial score (nSPS) is 20.4. The van der Waals surface area contributed by atoms with Gasteiger partial charge in [-0.05, 0) is 37.1 Å². The first-order valence-corrected chi connectivity index (χ1v) is 15.6. The van der Waals surface area contributed by atoms with E-state index in [9.17, 15) is 27.8 Å². The molecule has 16 heteroatoms. The van der Waals surface area contributed by atoms with E-state index >= 15 is 0 Å². The summed E-state index contributed by atoms with van der Waals surface area (Å²) in [4.78, 5) is 24.1. The smallest absolute Gasteiger partial charge is 0.362 e. The Morgan fingerprint density at radius 3 is 2.40 bits per heavy atom. The highest BCUT2D eigenvalue weighted by Gasteiger charge is 2.45. The van der Waals surface area contributed by atoms with E-state index in [2.05, 4.69) is 15.0 Å². The molecule has 0 spiro atoms. The molecule has 14 nitrogen and oxygen atoms in total. The number of anilines is 1. The zero-order chi connectivity index (χ0) is 30.8. The Morgan fingerprint density at radius 1 is 1.00 bits per heavy atom. The highest BCUT2D eigenvalue weighted by Crippen LogP contribution is 2.32. The molecule has 2 aromatic heterocycles. The lowest BCUT2D eigenvalue weighted by atomic mass is 10.1. The van der Waals surface area contributed by atoms with Crippen molar-refractivity contribution in [3.63, 3.8) is 0 Å². The number of aliphatic hydroxyl groups excluding tert-OH is 2. The first kappa shape index (κ1) is 32.5. The summed E-state index contributed by atoms with van der Waals surface area (Å²) in [6, 6.07) is 5.95. The molecule has 0 saturated carbocycles. The second kappa shape index (κ2) is 15.3. The molecule has 1 aliphatic heterocycles. The van der Waals surface area contributed by atoms with E-state index in [1.165, 1.54) is 29.4 Å². The summed E-state index contributed by atoms with van der Waals surface area (Å²) in [6.07, 6.45) is 4.54. The van der Waals surface area contributed by atoms with Crippen LogP contribution < -0.4 is 15.2 Å². The minimum Gasteiger partial charge on any atom is -0.494 e. The van der Waals surface area contributed by atoms with Crippen LogP contribution in [0.1, 0.15) is 64.0 Å². The van der Waals surface area contributed by atoms with Crippen molar-refractivity contribution in [1.29, 1.82) is 0 Å². The van der Waals surface area contributed by atoms with Crippen molar-refractivity contribution in [2.45, 2.75) is 82.3 Å². The lowest BCUT2D eigenvalue weighted by Crippen LogP contribution is -2.37. The Kier molecular flexibility index (Phi) is 11.6. The van der Waals surface area contributed by atoms with Gasteiger partial charge in [0, 0.05) is 6.42 Å². The molecule has 236 valence electrons. The molecule has 4 atom stereocenters. The van der Waals surface area contributed by atoms with Crippen LogP contribution in [0.2, 0.25) is 0 Å². The van der Waals surface area contributed by atoms with Gasteiger partial charge in [-0.2, -0.15) is 8.42 Å². The summed E-state index contributed by atoms with van der Waals surface area (Å²) in [6.45, 7) is -0.0573. The molecule has 3 heterocycles. The number of unbranched alkanes of at least 4 members (excludes halogenated alkanes) is 7. The van der Waals surface area contributed by atoms with Crippen molar-refractivity contribution in [3.05, 3.63) is 42.7 Å². The Hall–Kier alpha value is -3.44. The molecule has 0 bridgehead atoms. The fourth-order valence-electron chi connectivity index (χ4n) is 4.70. The number of carbonyl (C=O) groups excluding carboxylic acids is 1. The van der Waals surface area contributed by atoms with E-state index in [-0.39, 0.29) is 29.2 Å². The number of nitrogens with two attached hydrogens (primary N) is 1. The minimum atomic E-state index is -4.46. The molecule has 0 unspecified atom stereocenters. The number of nitrogens with one attached hydrogen (secondary N) is 1. The van der Waals surface area contributed by atoms with Crippen molar-refractivity contribution in [2.75, 3.05) is 18.9 Å². The molecule has 0 aliphatic carbocycles. The van der Waals surface area contributed by atoms with Crippen molar-refractivity contribution >= 4 is 33.2 Å². The van der Waals surface area contributed by atoms with Gasteiger partial charge in [0.1, 0.15) is 41.7 Å². The summed E-state index contributed by atoms with van der Waals surface area (Å²) in [7, 11) is -4.46. The van der Waals surface area contributed by atoms with Gasteiger partial charge in [-0.15, -0.1) is 0 Å². The van der Waals surface area contributed by atoms with Gasteiger partial charge in [0.15, 0.2) is 17.7 Å². The van der Waals surface area contributed by atoms with Crippen LogP contribution >= 0.6 is 0 Å². The number of amides is 1. The van der Waals surface area contributed by atoms with Crippen LogP contribution in [0.3, 0.4) is 0 Å². The number of aliphatic hydroxyl groups is 2. The van der Waals surface area contributed by atoms with Gasteiger partial charge in [0.2, 0.25) is 5.91 Å². The molecule has 3 aromatic rings. The van der Waals surface area contributed by atoms with Gasteiger partial charge < -0.3 is 25.4 Å². The number of carbonyl (C=O) groups is 1. The molecule has 1 aliphatic rings. The fraction of sp³-hybridized carbons (Fsp3) is 0.556. The number of benzene rings is 1. The van der Waals surface area contributed by atoms with Crippen molar-refractivity contribution in [3.8, 4) is 5.75 Å². The monoisotopic (exact) mass is 624 g/mol. The third-order valence-electron chi connectivity index (χ3n) is 7.01. The fourth-order valence-corrected chi connectivity index (χ4v) is 5.45. The Labute approximate surface area is 248 Å². The second-order valence-corrected chi connectivity index (χ2v) is 11.6. The number of halogens is 1. The van der Waals surface area contributed by atoms with Crippen LogP contribution in [0.5, 0.6) is 5.75 Å². The molecule has 1 saturated heterocycles. The number of nitrogen functional groups attached to an aromatic ring is 1. The van der Waals surface area contributed by atoms with E-state index in [4.69, 9.17) is 19.4 Å². The topological polar surface area (TPSA) is 201 Å². The number of hydrogen-bond acceptors (Lipinski definition) is 12. The average Bonchev–Trinajstić information content (AvgIpc) is 3.52. The predicted molar refractivity (Wildman–Crippen MR) is 152 cm³/mol. The third kappa shape index (κ3) is 9.27. The maximum atomic E-state index is 12.9. The number of aromatic nitrogens is 4. The molecule has 1 amide bonds. The molecule has 0 radical (unpaired) electrons. The number of imidazole rings is 1. The summed E-state index contributed by atoms with van der Waals surface area (Å²) < 4.78 is 56.7. The Morgan fingerprint density at radius 2 is 1.67 bits per heavy atom. The van der Waals surface area contributed by atoms with E-state index in [1.54, 1.807) is 12.1 Å². The first-order valence-electron chi connectivity index (χ1n) is 14.2. The van der Waals surface area contributed by atoms with Crippen molar-refractivity contribution < 1.29 is 41.5 Å². The summed E-state index contributed by atoms with van der Waals surface area (Å²) in [5.41, 5.74) is 6.31. The number of fused-ring (bicyclic) bond motifs is 1. The predicted octanol–water partition coefficient (Wildman–Crippen LogP) is 2.13. The largest absolute Gasteiger partial charge is 0.494 e. The van der Waals surface area contributed by atoms with Crippen LogP contribution in [0.15, 0.2) is 36.9 Å². The summed E-state index contributed by atoms with van der Waals surface area (Å²) in [5.74, 6) is -0.214. The van der Waals surface area contributed by atoms with Crippen LogP contribution in [0, 0.1) is 5.82 Å². The molecule has 43 heavy (non-hydrogen) atoms. The number of nitrogens with zero attached hydrogens (tertiary/aromatic N) is 4. The quantitative estimate of drug-likeness (QED) is 0.160. The summed E-state index contributed by atoms with van der Waals surface area (Å²) in [5, 5.41) is 20.9. The zero-order valence-corrected chi connectivity index (χ0v) is 24.4. The van der Waals surface area contributed by atoms with E-state index in [0.717, 1.165) is 44.9 Å². The molecular formula is C27H37FN6O8S. The lowest BCUT2D eigenvalue weighted by Gasteiger charge is -2.16. The van der Waals surface area contributed by atoms with Crippen LogP contribution in [0.25, 0.3) is 11.2 Å². The number of rotatable bonds is 17. The number of ether oxygens (including phenoxy) is 2. The highest BCUT2D eigenvalue weighted by atomic mass is 32.2. The van der Waals surface area contributed by atoms with Crippen LogP contribution in [0.4, 0.5) is 10.2 Å². The summed E-state index contributed by atoms with van der Waals surface area (Å²) >= 11 is 0. The SMILES string of the molecule is Nc1ncnc2c1ncn2[C@@H]1O[C@H](COS(=O)(=O)NC(=O)CCCCCCCCCCOc2ccc(F)cc2)[C@@H](O)[C@H]1O. The maximum absolute atomic E-state index is 12.9. The van der Waals surface area contributed by atoms with Crippen LogP contribution in [-0.4, -0.2) is 75.6 Å². The van der Waals surface area contributed by atoms with Crippen molar-refractivity contribution in [1.82, 2.24) is 24.2 Å². The van der Waals surface area contributed by atoms with E-state index in [1.807, 2.05) is 4.72 Å². The van der Waals surface area contributed by atoms with Gasteiger partial charge >= 0.3 is 10.3 Å². The second-order valence-electron chi connectivity index (χ2n) is 10.3. The first-order chi connectivity index (χ1) is 20.6. The minimum absolute atomic E-state index is 0.0192. The van der Waals surface area contributed by atoms with Gasteiger partial charge in [0.05, 0.1) is 19.5 Å². The average molecular weight is 625 g/mol. The molecule has 5 N–H and O–H groups in total. The van der Waals surface area contributed by atoms with Crippen molar-refractivity contribution in [2.24, 2.45) is 0 Å². The maximum Gasteiger partial charge on any atom is 0.362 e. The lowest BCUT2D eigenvalue weighted by molar-refractivity contribution is -0.119. The Balaban J connectivity index is 1.06. The van der Waals surface area contributed by atoms with Gasteiger partial charge in [-0.25, -0.2) is 24.1 Å². The molecule has 1 aromatic carbocycles. The Bertz CT molecular complexity index is 1440. The number of hydrogen-bond donors (Lipinski definition) is 4. The molecule has 4 rings (SSSR count). The third-order valence-corrected chi connectivity index (χ3v) is 7.93. The zero-order valence-electron chi connectivity index (χ0n) is 23.5. The van der Waals surface area contributed by atoms with Gasteiger partial charge in [0.25, 0.3) is 0 Å². The van der Waals surface area contributed by atoms with E-state index < -0.39 is 47.4 Å². The van der Waals surface area contributed by atoms with Gasteiger partial charge in [-0.3, -0.25) is 13.5 Å². The van der Waals surface area contributed by atoms with Gasteiger partial charge in [-0.1, -0.05) is 38.5 Å². The standard InChI is InChI=1S/C27H37FN6O8S/c28-18-10-12-19(13-11-18)40-14-8-6-4-2-1-3-5-7-9-21(35)33-43(38,39)41-15-20-23(36)24(37)27(42-20)34-17-32-22-25(29)30-16-31-26(22)34/h10-13,16-17,20,23-24,27,36-37H,1-9,14-15H2,(H,33,35)(H2,29,30,31)/t20-,23-,24-,27-/m1/s1. The molecule has 1 fully saturated rings. The van der Waals surface area contributed by atoms with E-state index in [0.29, 0.717) is 18.8 Å². The van der Waals surface area contributed by atoms with Crippen LogP contribution in [-0.2, 0) is 24.0 Å². The highest BCUT2D eigenvalue weighted by molar-refractivity contribution is 7.85. The molecular weight excluding hydrogens is 587 g/mol.